The maximum atomic E-state index is 13.3. The molecule has 3 aromatic rings. The van der Waals surface area contributed by atoms with Gasteiger partial charge in [0.15, 0.2) is 0 Å². The van der Waals surface area contributed by atoms with Crippen LogP contribution in [0, 0.1) is 0 Å². The van der Waals surface area contributed by atoms with E-state index in [2.05, 4.69) is 15.0 Å². The molecule has 4 rings (SSSR count). The number of carbonyl (C=O) groups is 1. The summed E-state index contributed by atoms with van der Waals surface area (Å²) >= 11 is 0. The number of amides is 1. The van der Waals surface area contributed by atoms with Gasteiger partial charge in [-0.25, -0.2) is 13.4 Å². The maximum absolute atomic E-state index is 13.3. The summed E-state index contributed by atoms with van der Waals surface area (Å²) in [4.78, 5) is 17.4. The smallest absolute Gasteiger partial charge is 0.263 e. The summed E-state index contributed by atoms with van der Waals surface area (Å²) in [6, 6.07) is 20.8. The molecule has 8 heteroatoms. The highest BCUT2D eigenvalue weighted by Crippen LogP contribution is 2.36. The minimum absolute atomic E-state index is 0.0833. The van der Waals surface area contributed by atoms with E-state index in [4.69, 9.17) is 4.74 Å². The number of anilines is 2. The summed E-state index contributed by atoms with van der Waals surface area (Å²) < 4.78 is 33.1. The second-order valence-electron chi connectivity index (χ2n) is 7.36. The molecule has 2 aromatic carbocycles. The highest BCUT2D eigenvalue weighted by atomic mass is 32.2. The van der Waals surface area contributed by atoms with Crippen molar-refractivity contribution in [3.8, 4) is 0 Å². The molecule has 1 aliphatic rings. The molecule has 2 heterocycles. The number of pyridine rings is 1. The Labute approximate surface area is 181 Å². The van der Waals surface area contributed by atoms with Gasteiger partial charge in [-0.2, -0.15) is 0 Å². The summed E-state index contributed by atoms with van der Waals surface area (Å²) in [5, 5.41) is 2.96. The zero-order chi connectivity index (χ0) is 21.7. The average molecular weight is 438 g/mol. The van der Waals surface area contributed by atoms with Gasteiger partial charge in [0, 0.05) is 25.1 Å². The van der Waals surface area contributed by atoms with Gasteiger partial charge in [-0.05, 0) is 54.8 Å². The predicted molar refractivity (Wildman–Crippen MR) is 118 cm³/mol. The molecule has 1 aromatic heterocycles. The highest BCUT2D eigenvalue weighted by Gasteiger charge is 2.41. The van der Waals surface area contributed by atoms with Crippen LogP contribution in [0.2, 0.25) is 0 Å². The second kappa shape index (κ2) is 8.87. The van der Waals surface area contributed by atoms with Crippen molar-refractivity contribution < 1.29 is 17.9 Å². The SMILES string of the molecule is O=C(Nc1ccc(S(=O)(=O)Nc2ccccn2)cc1)C1(c2ccccc2)CCOCC1. The van der Waals surface area contributed by atoms with Crippen molar-refractivity contribution in [2.75, 3.05) is 23.3 Å². The van der Waals surface area contributed by atoms with Crippen LogP contribution in [0.15, 0.2) is 83.9 Å². The van der Waals surface area contributed by atoms with Crippen molar-refractivity contribution in [3.63, 3.8) is 0 Å². The molecule has 0 spiro atoms. The fourth-order valence-corrected chi connectivity index (χ4v) is 4.72. The summed E-state index contributed by atoms with van der Waals surface area (Å²) in [6.07, 6.45) is 2.68. The van der Waals surface area contributed by atoms with E-state index in [-0.39, 0.29) is 16.6 Å². The molecule has 0 bridgehead atoms. The lowest BCUT2D eigenvalue weighted by Gasteiger charge is -2.36. The Morgan fingerprint density at radius 2 is 1.58 bits per heavy atom. The Morgan fingerprint density at radius 3 is 2.23 bits per heavy atom. The summed E-state index contributed by atoms with van der Waals surface area (Å²) in [7, 11) is -3.78. The molecular formula is C23H23N3O4S. The normalized spacial score (nSPS) is 15.7. The van der Waals surface area contributed by atoms with Crippen LogP contribution in [0.3, 0.4) is 0 Å². The van der Waals surface area contributed by atoms with Crippen LogP contribution in [-0.2, 0) is 25.0 Å². The zero-order valence-electron chi connectivity index (χ0n) is 16.8. The third-order valence-electron chi connectivity index (χ3n) is 5.43. The van der Waals surface area contributed by atoms with E-state index in [0.29, 0.717) is 31.7 Å². The number of hydrogen-bond donors (Lipinski definition) is 2. The Bertz CT molecular complexity index is 1130. The van der Waals surface area contributed by atoms with Crippen molar-refractivity contribution in [2.45, 2.75) is 23.2 Å². The van der Waals surface area contributed by atoms with Crippen LogP contribution in [-0.4, -0.2) is 32.5 Å². The first-order chi connectivity index (χ1) is 15.0. The molecule has 0 aliphatic carbocycles. The van der Waals surface area contributed by atoms with Crippen molar-refractivity contribution in [1.29, 1.82) is 0 Å². The van der Waals surface area contributed by atoms with Crippen LogP contribution >= 0.6 is 0 Å². The lowest BCUT2D eigenvalue weighted by Crippen LogP contribution is -2.44. The molecule has 1 aliphatic heterocycles. The van der Waals surface area contributed by atoms with Gasteiger partial charge in [0.05, 0.1) is 10.3 Å². The first kappa shape index (κ1) is 21.0. The fraction of sp³-hybridized carbons (Fsp3) is 0.217. The monoisotopic (exact) mass is 437 g/mol. The number of rotatable bonds is 6. The van der Waals surface area contributed by atoms with E-state index in [1.54, 1.807) is 30.3 Å². The molecule has 0 saturated carbocycles. The van der Waals surface area contributed by atoms with Gasteiger partial charge in [0.25, 0.3) is 10.0 Å². The van der Waals surface area contributed by atoms with E-state index in [1.807, 2.05) is 30.3 Å². The number of sulfonamides is 1. The first-order valence-electron chi connectivity index (χ1n) is 9.98. The van der Waals surface area contributed by atoms with Crippen LogP contribution in [0.4, 0.5) is 11.5 Å². The number of ether oxygens (including phenoxy) is 1. The molecule has 1 saturated heterocycles. The largest absolute Gasteiger partial charge is 0.381 e. The Balaban J connectivity index is 1.52. The minimum Gasteiger partial charge on any atom is -0.381 e. The lowest BCUT2D eigenvalue weighted by atomic mass is 9.73. The van der Waals surface area contributed by atoms with Gasteiger partial charge in [-0.1, -0.05) is 36.4 Å². The Hall–Kier alpha value is -3.23. The van der Waals surface area contributed by atoms with Crippen LogP contribution in [0.1, 0.15) is 18.4 Å². The lowest BCUT2D eigenvalue weighted by molar-refractivity contribution is -0.125. The van der Waals surface area contributed by atoms with Crippen molar-refractivity contribution in [3.05, 3.63) is 84.6 Å². The van der Waals surface area contributed by atoms with E-state index in [1.165, 1.54) is 18.3 Å². The summed E-state index contributed by atoms with van der Waals surface area (Å²) in [5.41, 5.74) is 0.809. The molecule has 0 radical (unpaired) electrons. The van der Waals surface area contributed by atoms with Crippen molar-refractivity contribution >= 4 is 27.4 Å². The summed E-state index contributed by atoms with van der Waals surface area (Å²) in [5.74, 6) is 0.119. The van der Waals surface area contributed by atoms with E-state index >= 15 is 0 Å². The van der Waals surface area contributed by atoms with Crippen LogP contribution < -0.4 is 10.0 Å². The van der Waals surface area contributed by atoms with E-state index < -0.39 is 15.4 Å². The van der Waals surface area contributed by atoms with Crippen LogP contribution in [0.5, 0.6) is 0 Å². The molecule has 7 nitrogen and oxygen atoms in total. The molecule has 0 unspecified atom stereocenters. The van der Waals surface area contributed by atoms with Gasteiger partial charge >= 0.3 is 0 Å². The quantitative estimate of drug-likeness (QED) is 0.614. The Kier molecular flexibility index (Phi) is 6.01. The minimum atomic E-state index is -3.78. The molecule has 31 heavy (non-hydrogen) atoms. The number of carbonyl (C=O) groups excluding carboxylic acids is 1. The van der Waals surface area contributed by atoms with E-state index in [9.17, 15) is 13.2 Å². The average Bonchev–Trinajstić information content (AvgIpc) is 2.81. The van der Waals surface area contributed by atoms with Crippen molar-refractivity contribution in [1.82, 2.24) is 4.98 Å². The third-order valence-corrected chi connectivity index (χ3v) is 6.80. The topological polar surface area (TPSA) is 97.4 Å². The molecule has 0 atom stereocenters. The number of aromatic nitrogens is 1. The standard InChI is InChI=1S/C23H23N3O4S/c27-22(23(13-16-30-17-14-23)18-6-2-1-3-7-18)25-19-9-11-20(12-10-19)31(28,29)26-21-8-4-5-15-24-21/h1-12,15H,13-14,16-17H2,(H,24,26)(H,25,27). The fourth-order valence-electron chi connectivity index (χ4n) is 3.71. The number of nitrogens with zero attached hydrogens (tertiary/aromatic N) is 1. The van der Waals surface area contributed by atoms with Gasteiger partial charge < -0.3 is 10.1 Å². The van der Waals surface area contributed by atoms with Crippen LogP contribution in [0.25, 0.3) is 0 Å². The number of nitrogens with one attached hydrogen (secondary N) is 2. The van der Waals surface area contributed by atoms with Gasteiger partial charge in [0.2, 0.25) is 5.91 Å². The molecular weight excluding hydrogens is 414 g/mol. The first-order valence-corrected chi connectivity index (χ1v) is 11.5. The zero-order valence-corrected chi connectivity index (χ0v) is 17.6. The van der Waals surface area contributed by atoms with Gasteiger partial charge in [-0.3, -0.25) is 9.52 Å². The summed E-state index contributed by atoms with van der Waals surface area (Å²) in [6.45, 7) is 1.03. The number of benzene rings is 2. The molecule has 1 fully saturated rings. The number of hydrogen-bond acceptors (Lipinski definition) is 5. The molecule has 160 valence electrons. The van der Waals surface area contributed by atoms with Gasteiger partial charge in [-0.15, -0.1) is 0 Å². The van der Waals surface area contributed by atoms with Gasteiger partial charge in [0.1, 0.15) is 5.82 Å². The van der Waals surface area contributed by atoms with E-state index in [0.717, 1.165) is 5.56 Å². The Morgan fingerprint density at radius 1 is 0.903 bits per heavy atom. The maximum Gasteiger partial charge on any atom is 0.263 e. The molecule has 2 N–H and O–H groups in total. The second-order valence-corrected chi connectivity index (χ2v) is 9.04. The molecule has 1 amide bonds. The van der Waals surface area contributed by atoms with Crippen molar-refractivity contribution in [2.24, 2.45) is 0 Å². The predicted octanol–water partition coefficient (Wildman–Crippen LogP) is 3.57. The third kappa shape index (κ3) is 4.60. The highest BCUT2D eigenvalue weighted by molar-refractivity contribution is 7.92.